The zero-order chi connectivity index (χ0) is 19.4. The predicted molar refractivity (Wildman–Crippen MR) is 103 cm³/mol. The number of hydrogen-bond donors (Lipinski definition) is 2. The van der Waals surface area contributed by atoms with Gasteiger partial charge >= 0.3 is 6.03 Å². The molecule has 0 aliphatic carbocycles. The summed E-state index contributed by atoms with van der Waals surface area (Å²) in [5.74, 6) is -0.331. The molecular formula is C18H17BrN4O4. The Bertz CT molecular complexity index is 903. The van der Waals surface area contributed by atoms with Gasteiger partial charge in [-0.25, -0.2) is 9.78 Å². The number of benzene rings is 1. The molecular weight excluding hydrogens is 416 g/mol. The van der Waals surface area contributed by atoms with Crippen LogP contribution in [0.15, 0.2) is 41.0 Å². The molecule has 2 N–H and O–H groups in total. The number of fused-ring (bicyclic) bond motifs is 1. The van der Waals surface area contributed by atoms with Crippen molar-refractivity contribution >= 4 is 45.3 Å². The molecule has 0 spiro atoms. The van der Waals surface area contributed by atoms with Gasteiger partial charge in [-0.3, -0.25) is 19.8 Å². The fourth-order valence-electron chi connectivity index (χ4n) is 2.69. The van der Waals surface area contributed by atoms with Crippen molar-refractivity contribution in [3.8, 4) is 0 Å². The number of amides is 4. The van der Waals surface area contributed by atoms with Crippen LogP contribution in [0.25, 0.3) is 0 Å². The van der Waals surface area contributed by atoms with E-state index in [-0.39, 0.29) is 23.9 Å². The first-order valence-electron chi connectivity index (χ1n) is 8.18. The number of carbonyl (C=O) groups is 3. The molecule has 1 aromatic heterocycles. The molecule has 27 heavy (non-hydrogen) atoms. The summed E-state index contributed by atoms with van der Waals surface area (Å²) in [5.41, 5.74) is 1.01. The quantitative estimate of drug-likeness (QED) is 0.539. The van der Waals surface area contributed by atoms with Crippen molar-refractivity contribution in [2.45, 2.75) is 6.42 Å². The van der Waals surface area contributed by atoms with Gasteiger partial charge in [-0.15, -0.1) is 0 Å². The van der Waals surface area contributed by atoms with Gasteiger partial charge in [0.25, 0.3) is 11.8 Å². The predicted octanol–water partition coefficient (Wildman–Crippen LogP) is 3.12. The zero-order valence-electron chi connectivity index (χ0n) is 14.5. The number of anilines is 2. The van der Waals surface area contributed by atoms with E-state index in [2.05, 4.69) is 31.5 Å². The first-order chi connectivity index (χ1) is 13.0. The molecule has 0 atom stereocenters. The molecule has 1 aromatic carbocycles. The maximum absolute atomic E-state index is 12.5. The number of methoxy groups -OCH3 is 1. The van der Waals surface area contributed by atoms with Crippen LogP contribution in [0.5, 0.6) is 0 Å². The van der Waals surface area contributed by atoms with E-state index in [4.69, 9.17) is 4.74 Å². The number of imide groups is 1. The molecule has 0 saturated heterocycles. The van der Waals surface area contributed by atoms with Gasteiger partial charge < -0.3 is 10.1 Å². The fraction of sp³-hybridized carbons (Fsp3) is 0.222. The van der Waals surface area contributed by atoms with E-state index in [1.807, 2.05) is 0 Å². The van der Waals surface area contributed by atoms with Gasteiger partial charge in [0.1, 0.15) is 5.82 Å². The first kappa shape index (κ1) is 19.0. The van der Waals surface area contributed by atoms with Gasteiger partial charge in [-0.05, 0) is 36.8 Å². The Kier molecular flexibility index (Phi) is 5.82. The SMILES string of the molecule is COCCCN1C(=O)c2ccc(NC(=O)Nc3cc(Br)ccn3)cc2C1=O. The van der Waals surface area contributed by atoms with E-state index < -0.39 is 6.03 Å². The number of nitrogens with one attached hydrogen (secondary N) is 2. The van der Waals surface area contributed by atoms with Crippen molar-refractivity contribution in [1.82, 2.24) is 9.88 Å². The molecule has 0 fully saturated rings. The number of ether oxygens (including phenoxy) is 1. The van der Waals surface area contributed by atoms with Crippen LogP contribution in [0.3, 0.4) is 0 Å². The lowest BCUT2D eigenvalue weighted by atomic mass is 10.1. The van der Waals surface area contributed by atoms with E-state index in [0.29, 0.717) is 30.1 Å². The van der Waals surface area contributed by atoms with Crippen molar-refractivity contribution in [2.75, 3.05) is 30.9 Å². The molecule has 0 radical (unpaired) electrons. The number of aromatic nitrogens is 1. The highest BCUT2D eigenvalue weighted by atomic mass is 79.9. The Morgan fingerprint density at radius 2 is 1.93 bits per heavy atom. The van der Waals surface area contributed by atoms with E-state index in [9.17, 15) is 14.4 Å². The van der Waals surface area contributed by atoms with Gasteiger partial charge in [-0.2, -0.15) is 0 Å². The molecule has 0 saturated carbocycles. The number of halogens is 1. The van der Waals surface area contributed by atoms with Crippen LogP contribution in [0.4, 0.5) is 16.3 Å². The minimum absolute atomic E-state index is 0.274. The summed E-state index contributed by atoms with van der Waals surface area (Å²) in [6.07, 6.45) is 2.12. The summed E-state index contributed by atoms with van der Waals surface area (Å²) < 4.78 is 5.74. The van der Waals surface area contributed by atoms with Crippen LogP contribution in [-0.2, 0) is 4.74 Å². The molecule has 9 heteroatoms. The molecule has 2 heterocycles. The van der Waals surface area contributed by atoms with Gasteiger partial charge in [0, 0.05) is 36.6 Å². The molecule has 4 amide bonds. The Morgan fingerprint density at radius 1 is 1.15 bits per heavy atom. The third kappa shape index (κ3) is 4.32. The number of nitrogens with zero attached hydrogens (tertiary/aromatic N) is 2. The molecule has 1 aliphatic rings. The minimum atomic E-state index is -0.505. The van der Waals surface area contributed by atoms with E-state index in [1.165, 1.54) is 11.0 Å². The number of pyridine rings is 1. The average Bonchev–Trinajstić information content (AvgIpc) is 2.86. The second kappa shape index (κ2) is 8.28. The van der Waals surface area contributed by atoms with Crippen molar-refractivity contribution in [2.24, 2.45) is 0 Å². The van der Waals surface area contributed by atoms with Gasteiger partial charge in [-0.1, -0.05) is 15.9 Å². The molecule has 0 bridgehead atoms. The van der Waals surface area contributed by atoms with Gasteiger partial charge in [0.05, 0.1) is 11.1 Å². The molecule has 8 nitrogen and oxygen atoms in total. The number of hydrogen-bond acceptors (Lipinski definition) is 5. The van der Waals surface area contributed by atoms with Crippen molar-refractivity contribution in [1.29, 1.82) is 0 Å². The largest absolute Gasteiger partial charge is 0.385 e. The van der Waals surface area contributed by atoms with E-state index >= 15 is 0 Å². The monoisotopic (exact) mass is 432 g/mol. The highest BCUT2D eigenvalue weighted by Gasteiger charge is 2.35. The van der Waals surface area contributed by atoms with Crippen molar-refractivity contribution in [3.63, 3.8) is 0 Å². The third-order valence-corrected chi connectivity index (χ3v) is 4.42. The smallest absolute Gasteiger partial charge is 0.324 e. The highest BCUT2D eigenvalue weighted by molar-refractivity contribution is 9.10. The van der Waals surface area contributed by atoms with E-state index in [1.54, 1.807) is 37.6 Å². The lowest BCUT2D eigenvalue weighted by molar-refractivity contribution is 0.0638. The van der Waals surface area contributed by atoms with Crippen molar-refractivity contribution in [3.05, 3.63) is 52.1 Å². The average molecular weight is 433 g/mol. The van der Waals surface area contributed by atoms with Crippen LogP contribution < -0.4 is 10.6 Å². The molecule has 0 unspecified atom stereocenters. The Balaban J connectivity index is 1.69. The lowest BCUT2D eigenvalue weighted by Gasteiger charge is -2.12. The fourth-order valence-corrected chi connectivity index (χ4v) is 3.03. The van der Waals surface area contributed by atoms with Gasteiger partial charge in [0.2, 0.25) is 0 Å². The Morgan fingerprint density at radius 3 is 2.67 bits per heavy atom. The maximum Gasteiger partial charge on any atom is 0.324 e. The third-order valence-electron chi connectivity index (χ3n) is 3.92. The Hall–Kier alpha value is -2.78. The highest BCUT2D eigenvalue weighted by Crippen LogP contribution is 2.26. The summed E-state index contributed by atoms with van der Waals surface area (Å²) >= 11 is 3.30. The summed E-state index contributed by atoms with van der Waals surface area (Å²) in [4.78, 5) is 42.2. The lowest BCUT2D eigenvalue weighted by Crippen LogP contribution is -2.31. The number of rotatable bonds is 6. The normalized spacial score (nSPS) is 12.9. The minimum Gasteiger partial charge on any atom is -0.385 e. The standard InChI is InChI=1S/C18H17BrN4O4/c1-27-8-2-7-23-16(24)13-4-3-12(10-14(13)17(23)25)21-18(26)22-15-9-11(19)5-6-20-15/h3-6,9-10H,2,7-8H2,1H3,(H2,20,21,22,26). The van der Waals surface area contributed by atoms with Crippen LogP contribution in [0.1, 0.15) is 27.1 Å². The summed E-state index contributed by atoms with van der Waals surface area (Å²) in [6.45, 7) is 0.752. The molecule has 1 aliphatic heterocycles. The topological polar surface area (TPSA) is 101 Å². The maximum atomic E-state index is 12.5. The summed E-state index contributed by atoms with van der Waals surface area (Å²) in [6, 6.07) is 7.51. The number of carbonyl (C=O) groups excluding carboxylic acids is 3. The van der Waals surface area contributed by atoms with Crippen LogP contribution >= 0.6 is 15.9 Å². The van der Waals surface area contributed by atoms with Crippen LogP contribution in [0.2, 0.25) is 0 Å². The van der Waals surface area contributed by atoms with Crippen LogP contribution in [-0.4, -0.2) is 48.0 Å². The van der Waals surface area contributed by atoms with Crippen LogP contribution in [0, 0.1) is 0 Å². The van der Waals surface area contributed by atoms with E-state index in [0.717, 1.165) is 4.47 Å². The zero-order valence-corrected chi connectivity index (χ0v) is 16.1. The van der Waals surface area contributed by atoms with Crippen molar-refractivity contribution < 1.29 is 19.1 Å². The number of urea groups is 1. The molecule has 140 valence electrons. The second-order valence-electron chi connectivity index (χ2n) is 5.81. The first-order valence-corrected chi connectivity index (χ1v) is 8.97. The second-order valence-corrected chi connectivity index (χ2v) is 6.72. The summed E-state index contributed by atoms with van der Waals surface area (Å²) in [5, 5.41) is 5.23. The summed E-state index contributed by atoms with van der Waals surface area (Å²) in [7, 11) is 1.56. The van der Waals surface area contributed by atoms with Gasteiger partial charge in [0.15, 0.2) is 0 Å². The molecule has 2 aromatic rings. The molecule has 3 rings (SSSR count). The Labute approximate surface area is 164 Å².